The monoisotopic (exact) mass is 323 g/mol. The maximum Gasteiger partial charge on any atom is 0.310 e. The number of amides is 1. The van der Waals surface area contributed by atoms with E-state index in [9.17, 15) is 9.59 Å². The van der Waals surface area contributed by atoms with E-state index in [1.807, 2.05) is 0 Å². The lowest BCUT2D eigenvalue weighted by Gasteiger charge is -1.95. The third-order valence-electron chi connectivity index (χ3n) is 2.30. The largest absolute Gasteiger partial charge is 0.481 e. The van der Waals surface area contributed by atoms with Crippen LogP contribution in [0, 0.1) is 0 Å². The van der Waals surface area contributed by atoms with Gasteiger partial charge in [0.1, 0.15) is 5.01 Å². The van der Waals surface area contributed by atoms with Crippen molar-refractivity contribution in [2.24, 2.45) is 0 Å². The molecule has 1 aromatic heterocycles. The fourth-order valence-corrected chi connectivity index (χ4v) is 2.26. The number of nitrogens with zero attached hydrogens (tertiary/aromatic N) is 2. The maximum atomic E-state index is 11.7. The number of aliphatic carboxylic acids is 1. The summed E-state index contributed by atoms with van der Waals surface area (Å²) in [6.07, 6.45) is 2.76. The fourth-order valence-electron chi connectivity index (χ4n) is 1.40. The second-order valence-corrected chi connectivity index (χ2v) is 5.44. The van der Waals surface area contributed by atoms with Crippen molar-refractivity contribution in [1.29, 1.82) is 0 Å². The molecule has 0 aliphatic carbocycles. The molecule has 0 fully saturated rings. The number of hydrogen-bond donors (Lipinski definition) is 2. The summed E-state index contributed by atoms with van der Waals surface area (Å²) in [4.78, 5) is 22.2. The third-order valence-corrected chi connectivity index (χ3v) is 3.39. The minimum atomic E-state index is -0.994. The molecule has 0 bridgehead atoms. The lowest BCUT2D eigenvalue weighted by atomic mass is 10.2. The van der Waals surface area contributed by atoms with Gasteiger partial charge in [0, 0.05) is 11.1 Å². The third kappa shape index (κ3) is 4.97. The molecule has 2 N–H and O–H groups in total. The Kier molecular flexibility index (Phi) is 5.02. The highest BCUT2D eigenvalue weighted by Gasteiger charge is 2.09. The normalized spacial score (nSPS) is 10.7. The number of halogens is 1. The number of hydrogen-bond acceptors (Lipinski definition) is 5. The number of anilines is 1. The van der Waals surface area contributed by atoms with Crippen LogP contribution < -0.4 is 5.32 Å². The summed E-state index contributed by atoms with van der Waals surface area (Å²) in [6.45, 7) is 0. The molecule has 0 aliphatic heterocycles. The Labute approximate surface area is 129 Å². The van der Waals surface area contributed by atoms with Crippen LogP contribution >= 0.6 is 22.9 Å². The second-order valence-electron chi connectivity index (χ2n) is 3.95. The van der Waals surface area contributed by atoms with Crippen LogP contribution in [0.1, 0.15) is 10.6 Å². The van der Waals surface area contributed by atoms with Crippen molar-refractivity contribution in [1.82, 2.24) is 10.2 Å². The molecule has 0 saturated carbocycles. The molecule has 0 atom stereocenters. The summed E-state index contributed by atoms with van der Waals surface area (Å²) < 4.78 is 0. The highest BCUT2D eigenvalue weighted by molar-refractivity contribution is 7.15. The van der Waals surface area contributed by atoms with Crippen LogP contribution in [0.3, 0.4) is 0 Å². The summed E-state index contributed by atoms with van der Waals surface area (Å²) in [5.41, 5.74) is 0.832. The number of benzene rings is 1. The van der Waals surface area contributed by atoms with Gasteiger partial charge >= 0.3 is 5.97 Å². The van der Waals surface area contributed by atoms with Gasteiger partial charge in [-0.05, 0) is 23.8 Å². The molecule has 1 amide bonds. The molecule has 0 spiro atoms. The highest BCUT2D eigenvalue weighted by Crippen LogP contribution is 2.16. The number of aromatic nitrogens is 2. The van der Waals surface area contributed by atoms with E-state index in [1.165, 1.54) is 6.08 Å². The van der Waals surface area contributed by atoms with Crippen molar-refractivity contribution in [3.8, 4) is 0 Å². The first kappa shape index (κ1) is 15.1. The Balaban J connectivity index is 1.93. The summed E-state index contributed by atoms with van der Waals surface area (Å²) in [5, 5.41) is 19.7. The zero-order valence-corrected chi connectivity index (χ0v) is 12.2. The zero-order valence-electron chi connectivity index (χ0n) is 10.6. The molecule has 0 saturated heterocycles. The van der Waals surface area contributed by atoms with Gasteiger partial charge < -0.3 is 5.11 Å². The predicted molar refractivity (Wildman–Crippen MR) is 80.4 cm³/mol. The summed E-state index contributed by atoms with van der Waals surface area (Å²) in [7, 11) is 0. The van der Waals surface area contributed by atoms with Gasteiger partial charge in [0.05, 0.1) is 6.42 Å². The lowest BCUT2D eigenvalue weighted by Crippen LogP contribution is -2.07. The predicted octanol–water partition coefficient (Wildman–Crippen LogP) is 2.47. The van der Waals surface area contributed by atoms with Crippen LogP contribution in [0.5, 0.6) is 0 Å². The Hall–Kier alpha value is -2.25. The SMILES string of the molecule is O=C(O)Cc1nnc(NC(=O)/C=C/c2ccc(Cl)cc2)s1. The Morgan fingerprint density at radius 3 is 2.67 bits per heavy atom. The molecule has 0 unspecified atom stereocenters. The second kappa shape index (κ2) is 6.96. The molecular weight excluding hydrogens is 314 g/mol. The van der Waals surface area contributed by atoms with Gasteiger partial charge in [-0.25, -0.2) is 0 Å². The summed E-state index contributed by atoms with van der Waals surface area (Å²) >= 11 is 6.79. The van der Waals surface area contributed by atoms with Crippen molar-refractivity contribution in [3.63, 3.8) is 0 Å². The Bertz CT molecular complexity index is 682. The van der Waals surface area contributed by atoms with Gasteiger partial charge in [-0.3, -0.25) is 14.9 Å². The number of nitrogens with one attached hydrogen (secondary N) is 1. The van der Waals surface area contributed by atoms with Gasteiger partial charge in [-0.15, -0.1) is 10.2 Å². The maximum absolute atomic E-state index is 11.7. The van der Waals surface area contributed by atoms with Crippen molar-refractivity contribution in [2.45, 2.75) is 6.42 Å². The van der Waals surface area contributed by atoms with E-state index in [4.69, 9.17) is 16.7 Å². The van der Waals surface area contributed by atoms with Crippen molar-refractivity contribution >= 4 is 46.0 Å². The number of rotatable bonds is 5. The molecular formula is C13H10ClN3O3S. The van der Waals surface area contributed by atoms with E-state index in [-0.39, 0.29) is 17.5 Å². The van der Waals surface area contributed by atoms with Gasteiger partial charge in [0.2, 0.25) is 11.0 Å². The lowest BCUT2D eigenvalue weighted by molar-refractivity contribution is -0.136. The molecule has 1 heterocycles. The smallest absolute Gasteiger partial charge is 0.310 e. The van der Waals surface area contributed by atoms with Crippen LogP contribution in [0.2, 0.25) is 5.02 Å². The molecule has 21 heavy (non-hydrogen) atoms. The fraction of sp³-hybridized carbons (Fsp3) is 0.0769. The first-order chi connectivity index (χ1) is 10.0. The topological polar surface area (TPSA) is 92.2 Å². The van der Waals surface area contributed by atoms with Gasteiger partial charge in [-0.1, -0.05) is 35.1 Å². The van der Waals surface area contributed by atoms with Gasteiger partial charge in [-0.2, -0.15) is 0 Å². The van der Waals surface area contributed by atoms with E-state index in [0.717, 1.165) is 16.9 Å². The van der Waals surface area contributed by atoms with E-state index < -0.39 is 5.97 Å². The van der Waals surface area contributed by atoms with E-state index >= 15 is 0 Å². The first-order valence-electron chi connectivity index (χ1n) is 5.82. The summed E-state index contributed by atoms with van der Waals surface area (Å²) in [5.74, 6) is -1.37. The zero-order chi connectivity index (χ0) is 15.2. The Morgan fingerprint density at radius 2 is 2.00 bits per heavy atom. The highest BCUT2D eigenvalue weighted by atomic mass is 35.5. The van der Waals surface area contributed by atoms with Crippen LogP contribution in [0.15, 0.2) is 30.3 Å². The van der Waals surface area contributed by atoms with Crippen LogP contribution in [-0.4, -0.2) is 27.2 Å². The van der Waals surface area contributed by atoms with Crippen LogP contribution in [-0.2, 0) is 16.0 Å². The molecule has 8 heteroatoms. The van der Waals surface area contributed by atoms with E-state index in [2.05, 4.69) is 15.5 Å². The molecule has 2 rings (SSSR count). The number of carboxylic acid groups (broad SMARTS) is 1. The van der Waals surface area contributed by atoms with E-state index in [0.29, 0.717) is 10.0 Å². The van der Waals surface area contributed by atoms with Crippen LogP contribution in [0.25, 0.3) is 6.08 Å². The first-order valence-corrected chi connectivity index (χ1v) is 7.01. The standard InChI is InChI=1S/C13H10ClN3O3S/c14-9-4-1-8(2-5-9)3-6-10(18)15-13-17-16-11(21-13)7-12(19)20/h1-6H,7H2,(H,19,20)(H,15,17,18)/b6-3+. The van der Waals surface area contributed by atoms with Crippen molar-refractivity contribution < 1.29 is 14.7 Å². The van der Waals surface area contributed by atoms with Crippen LogP contribution in [0.4, 0.5) is 5.13 Å². The average Bonchev–Trinajstić information content (AvgIpc) is 2.84. The molecule has 2 aromatic rings. The number of carboxylic acids is 1. The van der Waals surface area contributed by atoms with Gasteiger partial charge in [0.25, 0.3) is 0 Å². The molecule has 6 nitrogen and oxygen atoms in total. The van der Waals surface area contributed by atoms with Crippen molar-refractivity contribution in [2.75, 3.05) is 5.32 Å². The average molecular weight is 324 g/mol. The quantitative estimate of drug-likeness (QED) is 0.825. The minimum Gasteiger partial charge on any atom is -0.481 e. The molecule has 108 valence electrons. The van der Waals surface area contributed by atoms with Crippen molar-refractivity contribution in [3.05, 3.63) is 45.9 Å². The molecule has 1 aromatic carbocycles. The number of carbonyl (C=O) groups excluding carboxylic acids is 1. The molecule has 0 aliphatic rings. The number of carbonyl (C=O) groups is 2. The van der Waals surface area contributed by atoms with Gasteiger partial charge in [0.15, 0.2) is 0 Å². The summed E-state index contributed by atoms with van der Waals surface area (Å²) in [6, 6.07) is 7.01. The van der Waals surface area contributed by atoms with E-state index in [1.54, 1.807) is 30.3 Å². The molecule has 0 radical (unpaired) electrons. The Morgan fingerprint density at radius 1 is 1.29 bits per heavy atom. The minimum absolute atomic E-state index is 0.214.